The van der Waals surface area contributed by atoms with Crippen molar-refractivity contribution in [2.24, 2.45) is 5.41 Å². The van der Waals surface area contributed by atoms with Gasteiger partial charge in [0.1, 0.15) is 5.75 Å². The zero-order valence-electron chi connectivity index (χ0n) is 18.8. The Morgan fingerprint density at radius 3 is 2.72 bits per heavy atom. The summed E-state index contributed by atoms with van der Waals surface area (Å²) < 4.78 is 19.7. The van der Waals surface area contributed by atoms with Crippen LogP contribution in [0.2, 0.25) is 0 Å². The number of fused-ring (bicyclic) bond motifs is 1. The Kier molecular flexibility index (Phi) is 6.37. The second kappa shape index (κ2) is 9.20. The highest BCUT2D eigenvalue weighted by molar-refractivity contribution is 5.94. The molecule has 0 unspecified atom stereocenters. The molecule has 7 heteroatoms. The second-order valence-corrected chi connectivity index (χ2v) is 9.20. The van der Waals surface area contributed by atoms with E-state index in [2.05, 4.69) is 34.0 Å². The van der Waals surface area contributed by atoms with Crippen molar-refractivity contribution >= 4 is 16.8 Å². The average Bonchev–Trinajstić information content (AvgIpc) is 2.79. The molecule has 1 fully saturated rings. The SMILES string of the molecule is COc1cncc(C(=O)NCc2ccc3nc(F)c(CN4CCC(C)(C)CC4)cc3c2)c1. The van der Waals surface area contributed by atoms with E-state index in [1.54, 1.807) is 18.3 Å². The van der Waals surface area contributed by atoms with Gasteiger partial charge in [-0.25, -0.2) is 4.98 Å². The van der Waals surface area contributed by atoms with Crippen LogP contribution in [0, 0.1) is 11.4 Å². The van der Waals surface area contributed by atoms with Crippen LogP contribution in [0.1, 0.15) is 48.2 Å². The van der Waals surface area contributed by atoms with Crippen molar-refractivity contribution in [2.75, 3.05) is 20.2 Å². The first kappa shape index (κ1) is 22.1. The molecule has 32 heavy (non-hydrogen) atoms. The largest absolute Gasteiger partial charge is 0.495 e. The number of methoxy groups -OCH3 is 1. The van der Waals surface area contributed by atoms with Crippen molar-refractivity contribution in [1.29, 1.82) is 0 Å². The molecule has 1 amide bonds. The molecule has 3 heterocycles. The van der Waals surface area contributed by atoms with Gasteiger partial charge in [-0.05, 0) is 61.2 Å². The number of nitrogens with zero attached hydrogens (tertiary/aromatic N) is 3. The van der Waals surface area contributed by atoms with Crippen LogP contribution < -0.4 is 10.1 Å². The molecule has 1 aliphatic heterocycles. The Bertz CT molecular complexity index is 1120. The number of piperidine rings is 1. The molecule has 1 aromatic carbocycles. The normalized spacial score (nSPS) is 16.1. The van der Waals surface area contributed by atoms with E-state index in [9.17, 15) is 9.18 Å². The average molecular weight is 437 g/mol. The van der Waals surface area contributed by atoms with E-state index in [-0.39, 0.29) is 5.91 Å². The number of nitrogens with one attached hydrogen (secondary N) is 1. The zero-order chi connectivity index (χ0) is 22.7. The van der Waals surface area contributed by atoms with Gasteiger partial charge in [0, 0.05) is 30.2 Å². The number of rotatable bonds is 6. The lowest BCUT2D eigenvalue weighted by molar-refractivity contribution is 0.0950. The lowest BCUT2D eigenvalue weighted by Gasteiger charge is -2.36. The molecule has 4 rings (SSSR count). The summed E-state index contributed by atoms with van der Waals surface area (Å²) in [6.45, 7) is 7.42. The maximum absolute atomic E-state index is 14.6. The molecule has 3 aromatic rings. The number of ether oxygens (including phenoxy) is 1. The topological polar surface area (TPSA) is 67.3 Å². The molecule has 2 aromatic heterocycles. The van der Waals surface area contributed by atoms with Gasteiger partial charge in [0.05, 0.1) is 24.4 Å². The van der Waals surface area contributed by atoms with Gasteiger partial charge in [-0.15, -0.1) is 0 Å². The number of amides is 1. The summed E-state index contributed by atoms with van der Waals surface area (Å²) >= 11 is 0. The van der Waals surface area contributed by atoms with E-state index in [1.165, 1.54) is 13.3 Å². The molecule has 6 nitrogen and oxygen atoms in total. The summed E-state index contributed by atoms with van der Waals surface area (Å²) in [4.78, 5) is 22.9. The summed E-state index contributed by atoms with van der Waals surface area (Å²) in [5.41, 5.74) is 2.93. The molecule has 0 spiro atoms. The van der Waals surface area contributed by atoms with Crippen LogP contribution in [0.25, 0.3) is 10.9 Å². The fraction of sp³-hybridized carbons (Fsp3) is 0.400. The highest BCUT2D eigenvalue weighted by Gasteiger charge is 2.25. The smallest absolute Gasteiger partial charge is 0.253 e. The van der Waals surface area contributed by atoms with Crippen molar-refractivity contribution < 1.29 is 13.9 Å². The number of likely N-dealkylation sites (tertiary alicyclic amines) is 1. The van der Waals surface area contributed by atoms with Crippen LogP contribution in [-0.4, -0.2) is 41.0 Å². The fourth-order valence-electron chi connectivity index (χ4n) is 3.96. The Morgan fingerprint density at radius 2 is 1.97 bits per heavy atom. The van der Waals surface area contributed by atoms with E-state index in [4.69, 9.17) is 4.74 Å². The quantitative estimate of drug-likeness (QED) is 0.583. The van der Waals surface area contributed by atoms with Crippen molar-refractivity contribution in [3.05, 3.63) is 65.4 Å². The Labute approximate surface area is 187 Å². The number of carbonyl (C=O) groups is 1. The van der Waals surface area contributed by atoms with Gasteiger partial charge in [0.25, 0.3) is 5.91 Å². The van der Waals surface area contributed by atoms with Crippen molar-refractivity contribution in [2.45, 2.75) is 39.8 Å². The molecule has 0 aliphatic carbocycles. The molecule has 0 atom stereocenters. The first-order valence-corrected chi connectivity index (χ1v) is 10.9. The first-order valence-electron chi connectivity index (χ1n) is 10.9. The van der Waals surface area contributed by atoms with Crippen LogP contribution in [0.15, 0.2) is 42.7 Å². The number of carbonyl (C=O) groups excluding carboxylic acids is 1. The molecular formula is C25H29FN4O2. The van der Waals surface area contributed by atoms with E-state index < -0.39 is 5.95 Å². The van der Waals surface area contributed by atoms with Gasteiger partial charge < -0.3 is 10.1 Å². The Balaban J connectivity index is 1.45. The number of hydrogen-bond acceptors (Lipinski definition) is 5. The molecule has 0 bridgehead atoms. The van der Waals surface area contributed by atoms with Crippen LogP contribution in [-0.2, 0) is 13.1 Å². The number of halogens is 1. The minimum absolute atomic E-state index is 0.234. The zero-order valence-corrected chi connectivity index (χ0v) is 18.8. The fourth-order valence-corrected chi connectivity index (χ4v) is 3.96. The van der Waals surface area contributed by atoms with Crippen LogP contribution in [0.5, 0.6) is 5.75 Å². The molecular weight excluding hydrogens is 407 g/mol. The van der Waals surface area contributed by atoms with Gasteiger partial charge in [0.15, 0.2) is 0 Å². The van der Waals surface area contributed by atoms with E-state index >= 15 is 0 Å². The standard InChI is InChI=1S/C25H29FN4O2/c1-25(2)6-8-30(9-7-25)16-20-11-18-10-17(4-5-22(18)29-23(20)26)13-28-24(31)19-12-21(32-3)15-27-14-19/h4-5,10-12,14-15H,6-9,13,16H2,1-3H3,(H,28,31). The highest BCUT2D eigenvalue weighted by atomic mass is 19.1. The Hall–Kier alpha value is -3.06. The Morgan fingerprint density at radius 1 is 1.19 bits per heavy atom. The third kappa shape index (κ3) is 5.22. The van der Waals surface area contributed by atoms with Crippen molar-refractivity contribution in [3.63, 3.8) is 0 Å². The molecule has 1 aliphatic rings. The third-order valence-electron chi connectivity index (χ3n) is 6.17. The van der Waals surface area contributed by atoms with E-state index in [0.717, 1.165) is 36.9 Å². The molecule has 1 saturated heterocycles. The number of pyridine rings is 2. The summed E-state index contributed by atoms with van der Waals surface area (Å²) in [6.07, 6.45) is 5.28. The van der Waals surface area contributed by atoms with Gasteiger partial charge in [-0.3, -0.25) is 14.7 Å². The lowest BCUT2D eigenvalue weighted by atomic mass is 9.82. The summed E-state index contributed by atoms with van der Waals surface area (Å²) in [5, 5.41) is 3.76. The maximum atomic E-state index is 14.6. The van der Waals surface area contributed by atoms with Crippen molar-refractivity contribution in [3.8, 4) is 5.75 Å². The van der Waals surface area contributed by atoms with Gasteiger partial charge in [0.2, 0.25) is 5.95 Å². The number of hydrogen-bond donors (Lipinski definition) is 1. The maximum Gasteiger partial charge on any atom is 0.253 e. The van der Waals surface area contributed by atoms with Gasteiger partial charge >= 0.3 is 0 Å². The van der Waals surface area contributed by atoms with Crippen LogP contribution >= 0.6 is 0 Å². The third-order valence-corrected chi connectivity index (χ3v) is 6.17. The monoisotopic (exact) mass is 436 g/mol. The minimum Gasteiger partial charge on any atom is -0.495 e. The lowest BCUT2D eigenvalue weighted by Crippen LogP contribution is -2.37. The summed E-state index contributed by atoms with van der Waals surface area (Å²) in [5.74, 6) is -0.113. The van der Waals surface area contributed by atoms with Gasteiger partial charge in [-0.1, -0.05) is 19.9 Å². The second-order valence-electron chi connectivity index (χ2n) is 9.20. The first-order chi connectivity index (χ1) is 15.3. The van der Waals surface area contributed by atoms with Crippen LogP contribution in [0.4, 0.5) is 4.39 Å². The summed E-state index contributed by atoms with van der Waals surface area (Å²) in [7, 11) is 1.53. The van der Waals surface area contributed by atoms with Gasteiger partial charge in [-0.2, -0.15) is 4.39 Å². The van der Waals surface area contributed by atoms with E-state index in [1.807, 2.05) is 18.2 Å². The molecule has 0 saturated carbocycles. The minimum atomic E-state index is -0.408. The highest BCUT2D eigenvalue weighted by Crippen LogP contribution is 2.30. The number of aromatic nitrogens is 2. The molecule has 1 N–H and O–H groups in total. The molecule has 168 valence electrons. The number of benzene rings is 1. The van der Waals surface area contributed by atoms with Crippen LogP contribution in [0.3, 0.4) is 0 Å². The van der Waals surface area contributed by atoms with Crippen molar-refractivity contribution in [1.82, 2.24) is 20.2 Å². The predicted molar refractivity (Wildman–Crippen MR) is 122 cm³/mol. The molecule has 0 radical (unpaired) electrons. The van der Waals surface area contributed by atoms with E-state index in [0.29, 0.717) is 40.9 Å². The summed E-state index contributed by atoms with van der Waals surface area (Å²) in [6, 6.07) is 9.12. The predicted octanol–water partition coefficient (Wildman–Crippen LogP) is 4.33.